The Balaban J connectivity index is 1.79. The summed E-state index contributed by atoms with van der Waals surface area (Å²) in [6.45, 7) is 4.06. The predicted molar refractivity (Wildman–Crippen MR) is 94.3 cm³/mol. The molecule has 0 bridgehead atoms. The number of nitrogens with one attached hydrogen (secondary N) is 1. The second kappa shape index (κ2) is 7.44. The molecule has 0 spiro atoms. The van der Waals surface area contributed by atoms with Gasteiger partial charge in [0, 0.05) is 22.7 Å². The van der Waals surface area contributed by atoms with Crippen LogP contribution in [0.25, 0.3) is 5.78 Å². The largest absolute Gasteiger partial charge is 0.326 e. The maximum absolute atomic E-state index is 11.6. The van der Waals surface area contributed by atoms with Crippen molar-refractivity contribution in [3.63, 3.8) is 0 Å². The van der Waals surface area contributed by atoms with Gasteiger partial charge in [0.05, 0.1) is 0 Å². The number of fused-ring (bicyclic) bond motifs is 1. The van der Waals surface area contributed by atoms with Gasteiger partial charge in [-0.2, -0.15) is 14.6 Å². The number of aryl methyl sites for hydroxylation is 1. The Morgan fingerprint density at radius 2 is 2.04 bits per heavy atom. The van der Waals surface area contributed by atoms with Crippen LogP contribution >= 0.6 is 11.8 Å². The first-order valence-corrected chi connectivity index (χ1v) is 8.78. The number of nitrogens with zero attached hydrogens (tertiary/aromatic N) is 4. The average Bonchev–Trinajstić information content (AvgIpc) is 3.05. The number of carbonyl (C=O) groups excluding carboxylic acids is 1. The van der Waals surface area contributed by atoms with E-state index in [0.29, 0.717) is 12.2 Å². The summed E-state index contributed by atoms with van der Waals surface area (Å²) in [6.07, 6.45) is 3.74. The molecule has 3 rings (SSSR count). The van der Waals surface area contributed by atoms with E-state index in [2.05, 4.69) is 27.3 Å². The van der Waals surface area contributed by atoms with Gasteiger partial charge in [-0.3, -0.25) is 4.79 Å². The van der Waals surface area contributed by atoms with E-state index in [1.165, 1.54) is 6.33 Å². The summed E-state index contributed by atoms with van der Waals surface area (Å²) in [7, 11) is 0. The molecular formula is C17H19N5OS. The van der Waals surface area contributed by atoms with Gasteiger partial charge < -0.3 is 5.32 Å². The number of amides is 1. The molecule has 0 aliphatic rings. The lowest BCUT2D eigenvalue weighted by atomic mass is 10.3. The van der Waals surface area contributed by atoms with Crippen molar-refractivity contribution in [1.29, 1.82) is 0 Å². The molecule has 7 heteroatoms. The van der Waals surface area contributed by atoms with Crippen LogP contribution in [-0.2, 0) is 11.2 Å². The van der Waals surface area contributed by atoms with Crippen LogP contribution in [0.15, 0.2) is 46.6 Å². The van der Waals surface area contributed by atoms with Crippen molar-refractivity contribution in [1.82, 2.24) is 19.6 Å². The molecule has 1 amide bonds. The van der Waals surface area contributed by atoms with E-state index in [9.17, 15) is 4.79 Å². The zero-order valence-electron chi connectivity index (χ0n) is 13.7. The number of rotatable bonds is 6. The molecule has 0 fully saturated rings. The Labute approximate surface area is 144 Å². The third kappa shape index (κ3) is 3.73. The van der Waals surface area contributed by atoms with Gasteiger partial charge in [0.2, 0.25) is 5.91 Å². The second-order valence-electron chi connectivity index (χ2n) is 5.34. The molecule has 0 saturated heterocycles. The number of hydrogen-bond acceptors (Lipinski definition) is 5. The summed E-state index contributed by atoms with van der Waals surface area (Å²) in [5.41, 5.74) is 1.80. The Hall–Kier alpha value is -2.41. The minimum Gasteiger partial charge on any atom is -0.326 e. The van der Waals surface area contributed by atoms with Crippen molar-refractivity contribution in [2.75, 3.05) is 5.32 Å². The molecule has 2 aromatic heterocycles. The SMILES string of the molecule is CCCC(=O)Nc1ccc(Sc2cc(CC)nc3ncnn23)cc1. The summed E-state index contributed by atoms with van der Waals surface area (Å²) < 4.78 is 1.74. The van der Waals surface area contributed by atoms with E-state index in [1.807, 2.05) is 37.3 Å². The van der Waals surface area contributed by atoms with Crippen LogP contribution in [0.4, 0.5) is 5.69 Å². The fraction of sp³-hybridized carbons (Fsp3) is 0.294. The molecule has 0 saturated carbocycles. The summed E-state index contributed by atoms with van der Waals surface area (Å²) in [5.74, 6) is 0.657. The summed E-state index contributed by atoms with van der Waals surface area (Å²) >= 11 is 1.60. The minimum atomic E-state index is 0.0453. The molecule has 0 aliphatic heterocycles. The molecule has 0 radical (unpaired) electrons. The van der Waals surface area contributed by atoms with Crippen molar-refractivity contribution < 1.29 is 4.79 Å². The Bertz CT molecular complexity index is 844. The van der Waals surface area contributed by atoms with Gasteiger partial charge in [-0.15, -0.1) is 0 Å². The van der Waals surface area contributed by atoms with Gasteiger partial charge in [-0.25, -0.2) is 4.98 Å². The number of anilines is 1. The zero-order valence-corrected chi connectivity index (χ0v) is 14.5. The normalized spacial score (nSPS) is 10.9. The van der Waals surface area contributed by atoms with Crippen LogP contribution in [0, 0.1) is 0 Å². The van der Waals surface area contributed by atoms with Crippen LogP contribution in [0.2, 0.25) is 0 Å². The van der Waals surface area contributed by atoms with E-state index >= 15 is 0 Å². The summed E-state index contributed by atoms with van der Waals surface area (Å²) in [5, 5.41) is 8.09. The first-order chi connectivity index (χ1) is 11.7. The highest BCUT2D eigenvalue weighted by Gasteiger charge is 2.09. The zero-order chi connectivity index (χ0) is 16.9. The maximum atomic E-state index is 11.6. The quantitative estimate of drug-likeness (QED) is 0.694. The molecule has 1 N–H and O–H groups in total. The van der Waals surface area contributed by atoms with Gasteiger partial charge in [0.25, 0.3) is 5.78 Å². The summed E-state index contributed by atoms with van der Waals surface area (Å²) in [4.78, 5) is 21.3. The fourth-order valence-corrected chi connectivity index (χ4v) is 3.19. The third-order valence-electron chi connectivity index (χ3n) is 3.47. The van der Waals surface area contributed by atoms with Crippen molar-refractivity contribution in [2.24, 2.45) is 0 Å². The lowest BCUT2D eigenvalue weighted by Gasteiger charge is -2.08. The molecular weight excluding hydrogens is 322 g/mol. The van der Waals surface area contributed by atoms with E-state index in [-0.39, 0.29) is 5.91 Å². The van der Waals surface area contributed by atoms with Crippen LogP contribution in [0.3, 0.4) is 0 Å². The van der Waals surface area contributed by atoms with Crippen molar-refractivity contribution >= 4 is 29.1 Å². The molecule has 1 aromatic carbocycles. The van der Waals surface area contributed by atoms with Crippen molar-refractivity contribution in [3.8, 4) is 0 Å². The average molecular weight is 341 g/mol. The first kappa shape index (κ1) is 16.4. The van der Waals surface area contributed by atoms with Gasteiger partial charge in [-0.1, -0.05) is 25.6 Å². The van der Waals surface area contributed by atoms with E-state index in [1.54, 1.807) is 16.3 Å². The smallest absolute Gasteiger partial charge is 0.253 e. The Morgan fingerprint density at radius 3 is 2.75 bits per heavy atom. The number of aromatic nitrogens is 4. The Morgan fingerprint density at radius 1 is 1.25 bits per heavy atom. The topological polar surface area (TPSA) is 72.2 Å². The highest BCUT2D eigenvalue weighted by Crippen LogP contribution is 2.29. The standard InChI is InChI=1S/C17H19N5OS/c1-3-5-15(23)20-13-6-8-14(9-7-13)24-16-10-12(4-2)21-17-18-11-19-22(16)17/h6-11H,3-5H2,1-2H3,(H,20,23). The third-order valence-corrected chi connectivity index (χ3v) is 4.48. The minimum absolute atomic E-state index is 0.0453. The van der Waals surface area contributed by atoms with Gasteiger partial charge in [0.1, 0.15) is 11.4 Å². The van der Waals surface area contributed by atoms with E-state index < -0.39 is 0 Å². The van der Waals surface area contributed by atoms with Gasteiger partial charge >= 0.3 is 0 Å². The Kier molecular flexibility index (Phi) is 5.10. The molecule has 0 aliphatic carbocycles. The maximum Gasteiger partial charge on any atom is 0.253 e. The first-order valence-electron chi connectivity index (χ1n) is 7.97. The van der Waals surface area contributed by atoms with Gasteiger partial charge in [0.15, 0.2) is 0 Å². The fourth-order valence-electron chi connectivity index (χ4n) is 2.26. The van der Waals surface area contributed by atoms with Crippen LogP contribution in [0.5, 0.6) is 0 Å². The lowest BCUT2D eigenvalue weighted by molar-refractivity contribution is -0.116. The number of benzene rings is 1. The second-order valence-corrected chi connectivity index (χ2v) is 6.43. The molecule has 6 nitrogen and oxygen atoms in total. The predicted octanol–water partition coefficient (Wildman–Crippen LogP) is 3.58. The highest BCUT2D eigenvalue weighted by molar-refractivity contribution is 7.99. The van der Waals surface area contributed by atoms with E-state index in [4.69, 9.17) is 0 Å². The number of hydrogen-bond donors (Lipinski definition) is 1. The molecule has 24 heavy (non-hydrogen) atoms. The van der Waals surface area contributed by atoms with E-state index in [0.717, 1.165) is 34.1 Å². The molecule has 0 unspecified atom stereocenters. The summed E-state index contributed by atoms with van der Waals surface area (Å²) in [6, 6.07) is 9.83. The van der Waals surface area contributed by atoms with Crippen LogP contribution in [0.1, 0.15) is 32.4 Å². The monoisotopic (exact) mass is 341 g/mol. The molecule has 2 heterocycles. The molecule has 3 aromatic rings. The van der Waals surface area contributed by atoms with Crippen molar-refractivity contribution in [3.05, 3.63) is 42.4 Å². The molecule has 0 atom stereocenters. The number of carbonyl (C=O) groups is 1. The van der Waals surface area contributed by atoms with Crippen LogP contribution < -0.4 is 5.32 Å². The highest BCUT2D eigenvalue weighted by atomic mass is 32.2. The van der Waals surface area contributed by atoms with Gasteiger partial charge in [-0.05, 0) is 43.2 Å². The van der Waals surface area contributed by atoms with Crippen molar-refractivity contribution in [2.45, 2.75) is 43.0 Å². The van der Waals surface area contributed by atoms with Crippen LogP contribution in [-0.4, -0.2) is 25.5 Å². The lowest BCUT2D eigenvalue weighted by Crippen LogP contribution is -2.10. The molecule has 124 valence electrons.